The number of rotatable bonds is 4. The number of halogens is 1. The van der Waals surface area contributed by atoms with Crippen molar-refractivity contribution < 1.29 is 18.7 Å². The van der Waals surface area contributed by atoms with Crippen LogP contribution in [0, 0.1) is 5.82 Å². The number of carbonyl (C=O) groups is 1. The van der Waals surface area contributed by atoms with Crippen molar-refractivity contribution in [3.8, 4) is 0 Å². The maximum Gasteiger partial charge on any atom is 0.305 e. The highest BCUT2D eigenvalue weighted by molar-refractivity contribution is 5.69. The highest BCUT2D eigenvalue weighted by Crippen LogP contribution is 2.36. The van der Waals surface area contributed by atoms with E-state index in [1.807, 2.05) is 0 Å². The molecule has 0 aliphatic carbocycles. The molecule has 0 saturated carbocycles. The van der Waals surface area contributed by atoms with Crippen molar-refractivity contribution in [1.29, 1.82) is 0 Å². The summed E-state index contributed by atoms with van der Waals surface area (Å²) in [5.74, 6) is -0.476. The van der Waals surface area contributed by atoms with Crippen LogP contribution < -0.4 is 0 Å². The normalized spacial score (nSPS) is 17.3. The lowest BCUT2D eigenvalue weighted by atomic mass is 9.75. The van der Waals surface area contributed by atoms with Gasteiger partial charge in [0.25, 0.3) is 0 Å². The van der Waals surface area contributed by atoms with Gasteiger partial charge in [-0.2, -0.15) is 0 Å². The fourth-order valence-corrected chi connectivity index (χ4v) is 2.05. The molecule has 0 aromatic heterocycles. The van der Waals surface area contributed by atoms with Crippen LogP contribution in [0.15, 0.2) is 24.3 Å². The molecule has 0 N–H and O–H groups in total. The Morgan fingerprint density at radius 2 is 2.06 bits per heavy atom. The third-order valence-electron chi connectivity index (χ3n) is 3.25. The third kappa shape index (κ3) is 2.47. The Hall–Kier alpha value is -1.42. The van der Waals surface area contributed by atoms with E-state index in [1.165, 1.54) is 19.2 Å². The summed E-state index contributed by atoms with van der Waals surface area (Å²) in [4.78, 5) is 11.2. The van der Waals surface area contributed by atoms with Crippen LogP contribution in [-0.2, 0) is 19.7 Å². The Kier molecular flexibility index (Phi) is 3.43. The molecule has 0 radical (unpaired) electrons. The fraction of sp³-hybridized carbons (Fsp3) is 0.462. The van der Waals surface area contributed by atoms with Crippen LogP contribution in [0.1, 0.15) is 18.4 Å². The van der Waals surface area contributed by atoms with Crippen LogP contribution in [0.3, 0.4) is 0 Å². The van der Waals surface area contributed by atoms with E-state index < -0.39 is 0 Å². The summed E-state index contributed by atoms with van der Waals surface area (Å²) in [6, 6.07) is 6.39. The van der Waals surface area contributed by atoms with Gasteiger partial charge in [0.05, 0.1) is 20.3 Å². The van der Waals surface area contributed by atoms with Gasteiger partial charge in [-0.3, -0.25) is 4.79 Å². The van der Waals surface area contributed by atoms with Gasteiger partial charge in [-0.15, -0.1) is 0 Å². The summed E-state index contributed by atoms with van der Waals surface area (Å²) >= 11 is 0. The van der Waals surface area contributed by atoms with E-state index in [4.69, 9.17) is 4.74 Å². The molecule has 1 heterocycles. The molecular weight excluding hydrogens is 223 g/mol. The van der Waals surface area contributed by atoms with Crippen LogP contribution >= 0.6 is 0 Å². The van der Waals surface area contributed by atoms with Crippen LogP contribution in [0.5, 0.6) is 0 Å². The molecule has 4 heteroatoms. The van der Waals surface area contributed by atoms with Gasteiger partial charge in [-0.25, -0.2) is 4.39 Å². The molecule has 1 aliphatic rings. The number of benzene rings is 1. The van der Waals surface area contributed by atoms with E-state index in [9.17, 15) is 9.18 Å². The van der Waals surface area contributed by atoms with Gasteiger partial charge in [0, 0.05) is 11.8 Å². The van der Waals surface area contributed by atoms with E-state index in [1.54, 1.807) is 12.1 Å². The lowest BCUT2D eigenvalue weighted by molar-refractivity contribution is -0.142. The largest absolute Gasteiger partial charge is 0.469 e. The number of carbonyl (C=O) groups excluding carboxylic acids is 1. The van der Waals surface area contributed by atoms with Crippen LogP contribution in [0.4, 0.5) is 4.39 Å². The van der Waals surface area contributed by atoms with Gasteiger partial charge in [0.1, 0.15) is 5.82 Å². The number of esters is 1. The number of hydrogen-bond donors (Lipinski definition) is 0. The van der Waals surface area contributed by atoms with E-state index in [2.05, 4.69) is 4.74 Å². The molecule has 3 nitrogen and oxygen atoms in total. The Labute approximate surface area is 99.5 Å². The molecule has 0 amide bonds. The Morgan fingerprint density at radius 1 is 1.41 bits per heavy atom. The molecule has 1 aromatic rings. The lowest BCUT2D eigenvalue weighted by Crippen LogP contribution is -2.47. The third-order valence-corrected chi connectivity index (χ3v) is 3.25. The predicted molar refractivity (Wildman–Crippen MR) is 60.1 cm³/mol. The van der Waals surface area contributed by atoms with Crippen molar-refractivity contribution in [3.63, 3.8) is 0 Å². The van der Waals surface area contributed by atoms with E-state index in [-0.39, 0.29) is 17.2 Å². The van der Waals surface area contributed by atoms with Crippen LogP contribution in [0.25, 0.3) is 0 Å². The van der Waals surface area contributed by atoms with Crippen molar-refractivity contribution in [1.82, 2.24) is 0 Å². The number of ether oxygens (including phenoxy) is 2. The molecule has 17 heavy (non-hydrogen) atoms. The summed E-state index contributed by atoms with van der Waals surface area (Å²) < 4.78 is 22.7. The van der Waals surface area contributed by atoms with Crippen molar-refractivity contribution in [2.24, 2.45) is 0 Å². The molecular formula is C13H15FO3. The van der Waals surface area contributed by atoms with E-state index in [0.29, 0.717) is 26.1 Å². The van der Waals surface area contributed by atoms with Crippen molar-refractivity contribution in [2.75, 3.05) is 20.3 Å². The summed E-state index contributed by atoms with van der Waals surface area (Å²) in [7, 11) is 1.38. The van der Waals surface area contributed by atoms with E-state index >= 15 is 0 Å². The first kappa shape index (κ1) is 12.0. The second kappa shape index (κ2) is 4.84. The minimum Gasteiger partial charge on any atom is -0.469 e. The lowest BCUT2D eigenvalue weighted by Gasteiger charge is -2.42. The summed E-state index contributed by atoms with van der Waals surface area (Å²) in [5, 5.41) is 0. The zero-order valence-corrected chi connectivity index (χ0v) is 9.74. The highest BCUT2D eigenvalue weighted by atomic mass is 19.1. The molecule has 2 rings (SSSR count). The maximum absolute atomic E-state index is 12.9. The topological polar surface area (TPSA) is 35.5 Å². The first-order valence-corrected chi connectivity index (χ1v) is 5.57. The van der Waals surface area contributed by atoms with Crippen molar-refractivity contribution in [2.45, 2.75) is 18.3 Å². The summed E-state index contributed by atoms with van der Waals surface area (Å²) in [6.45, 7) is 1.16. The second-order valence-corrected chi connectivity index (χ2v) is 4.36. The molecule has 1 saturated heterocycles. The molecule has 1 aliphatic heterocycles. The smallest absolute Gasteiger partial charge is 0.305 e. The number of methoxy groups -OCH3 is 1. The Morgan fingerprint density at radius 3 is 2.53 bits per heavy atom. The predicted octanol–water partition coefficient (Wildman–Crippen LogP) is 2.05. The Balaban J connectivity index is 2.08. The van der Waals surface area contributed by atoms with Crippen LogP contribution in [0.2, 0.25) is 0 Å². The van der Waals surface area contributed by atoms with Crippen LogP contribution in [-0.4, -0.2) is 26.3 Å². The summed E-state index contributed by atoms with van der Waals surface area (Å²) in [5.41, 5.74) is 0.871. The first-order valence-electron chi connectivity index (χ1n) is 5.57. The minimum absolute atomic E-state index is 0.151. The fourth-order valence-electron chi connectivity index (χ4n) is 2.05. The van der Waals surface area contributed by atoms with Gasteiger partial charge < -0.3 is 9.47 Å². The molecule has 0 atom stereocenters. The number of hydrogen-bond acceptors (Lipinski definition) is 3. The molecule has 1 aromatic carbocycles. The van der Waals surface area contributed by atoms with Gasteiger partial charge >= 0.3 is 5.97 Å². The molecule has 92 valence electrons. The molecule has 0 bridgehead atoms. The minimum atomic E-state index is -0.253. The molecule has 0 unspecified atom stereocenters. The standard InChI is InChI=1S/C13H15FO3/c1-16-12(15)6-7-13(8-17-9-13)10-2-4-11(14)5-3-10/h2-5H,6-9H2,1H3. The van der Waals surface area contributed by atoms with Gasteiger partial charge in [-0.1, -0.05) is 12.1 Å². The van der Waals surface area contributed by atoms with Gasteiger partial charge in [0.2, 0.25) is 0 Å². The Bertz CT molecular complexity index is 396. The average Bonchev–Trinajstić information content (AvgIpc) is 2.29. The first-order chi connectivity index (χ1) is 8.16. The molecule has 0 spiro atoms. The van der Waals surface area contributed by atoms with Crippen molar-refractivity contribution in [3.05, 3.63) is 35.6 Å². The molecule has 1 fully saturated rings. The van der Waals surface area contributed by atoms with E-state index in [0.717, 1.165) is 5.56 Å². The van der Waals surface area contributed by atoms with Gasteiger partial charge in [-0.05, 0) is 24.1 Å². The average molecular weight is 238 g/mol. The summed E-state index contributed by atoms with van der Waals surface area (Å²) in [6.07, 6.45) is 1.03. The maximum atomic E-state index is 12.9. The highest BCUT2D eigenvalue weighted by Gasteiger charge is 2.40. The zero-order chi connectivity index (χ0) is 12.3. The van der Waals surface area contributed by atoms with Gasteiger partial charge in [0.15, 0.2) is 0 Å². The second-order valence-electron chi connectivity index (χ2n) is 4.36. The monoisotopic (exact) mass is 238 g/mol. The zero-order valence-electron chi connectivity index (χ0n) is 9.74. The van der Waals surface area contributed by atoms with Crippen molar-refractivity contribution >= 4 is 5.97 Å². The SMILES string of the molecule is COC(=O)CCC1(c2ccc(F)cc2)COC1. The quantitative estimate of drug-likeness (QED) is 0.753.